The second-order valence-corrected chi connectivity index (χ2v) is 10.2. The van der Waals surface area contributed by atoms with E-state index in [-0.39, 0.29) is 6.92 Å². The van der Waals surface area contributed by atoms with Crippen molar-refractivity contribution in [1.29, 1.82) is 0 Å². The lowest BCUT2D eigenvalue weighted by molar-refractivity contribution is 0.588. The van der Waals surface area contributed by atoms with Crippen LogP contribution in [0.15, 0.2) is 59.1 Å². The van der Waals surface area contributed by atoms with Gasteiger partial charge >= 0.3 is 6.92 Å². The van der Waals surface area contributed by atoms with Gasteiger partial charge in [0.05, 0.1) is 0 Å². The van der Waals surface area contributed by atoms with Crippen molar-refractivity contribution in [3.05, 3.63) is 75.8 Å². The summed E-state index contributed by atoms with van der Waals surface area (Å²) in [5.41, 5.74) is 9.25. The molecule has 0 bridgehead atoms. The Labute approximate surface area is 190 Å². The van der Waals surface area contributed by atoms with Gasteiger partial charge in [-0.2, -0.15) is 0 Å². The first-order chi connectivity index (χ1) is 14.3. The van der Waals surface area contributed by atoms with Crippen LogP contribution >= 0.6 is 15.9 Å². The standard InChI is InChI=1S/C27H30BBrO/c1-16(2)19-13-22(17(3)4)27(23(14-19)18(5)6)28-25-12-11-20(29)15-24(25)21-9-7-8-10-26(21)30-28/h7-18H,1-6H3. The van der Waals surface area contributed by atoms with E-state index in [0.29, 0.717) is 17.8 Å². The summed E-state index contributed by atoms with van der Waals surface area (Å²) < 4.78 is 7.85. The van der Waals surface area contributed by atoms with Crippen molar-refractivity contribution in [2.24, 2.45) is 0 Å². The molecule has 1 nitrogen and oxygen atoms in total. The zero-order valence-electron chi connectivity index (χ0n) is 18.8. The second-order valence-electron chi connectivity index (χ2n) is 9.30. The van der Waals surface area contributed by atoms with Crippen LogP contribution in [0.3, 0.4) is 0 Å². The van der Waals surface area contributed by atoms with Crippen LogP contribution in [0.2, 0.25) is 0 Å². The minimum Gasteiger partial charge on any atom is -0.551 e. The molecule has 0 aromatic heterocycles. The Morgan fingerprint density at radius 3 is 1.97 bits per heavy atom. The Morgan fingerprint density at radius 2 is 1.37 bits per heavy atom. The molecule has 30 heavy (non-hydrogen) atoms. The normalized spacial score (nSPS) is 12.9. The van der Waals surface area contributed by atoms with E-state index < -0.39 is 0 Å². The summed E-state index contributed by atoms with van der Waals surface area (Å²) in [6, 6.07) is 19.8. The average molecular weight is 461 g/mol. The first-order valence-corrected chi connectivity index (χ1v) is 11.8. The van der Waals surface area contributed by atoms with Crippen LogP contribution in [0, 0.1) is 0 Å². The van der Waals surface area contributed by atoms with Gasteiger partial charge in [0.15, 0.2) is 0 Å². The molecular formula is C27H30BBrO. The number of hydrogen-bond acceptors (Lipinski definition) is 1. The van der Waals surface area contributed by atoms with Crippen LogP contribution in [-0.4, -0.2) is 6.92 Å². The molecule has 0 radical (unpaired) electrons. The highest BCUT2D eigenvalue weighted by Gasteiger charge is 2.36. The molecular weight excluding hydrogens is 431 g/mol. The van der Waals surface area contributed by atoms with Crippen molar-refractivity contribution >= 4 is 33.8 Å². The second kappa shape index (κ2) is 8.27. The van der Waals surface area contributed by atoms with Gasteiger partial charge in [-0.05, 0) is 69.1 Å². The highest BCUT2D eigenvalue weighted by molar-refractivity contribution is 9.10. The van der Waals surface area contributed by atoms with Gasteiger partial charge in [0.25, 0.3) is 0 Å². The Kier molecular flexibility index (Phi) is 5.85. The summed E-state index contributed by atoms with van der Waals surface area (Å²) in [6.45, 7) is 13.7. The van der Waals surface area contributed by atoms with Gasteiger partial charge < -0.3 is 4.65 Å². The molecule has 0 amide bonds. The van der Waals surface area contributed by atoms with Crippen LogP contribution in [0.25, 0.3) is 11.1 Å². The van der Waals surface area contributed by atoms with Crippen molar-refractivity contribution in [1.82, 2.24) is 0 Å². The van der Waals surface area contributed by atoms with Gasteiger partial charge in [-0.15, -0.1) is 0 Å². The van der Waals surface area contributed by atoms with Gasteiger partial charge in [-0.1, -0.05) is 93.9 Å². The maximum absolute atomic E-state index is 6.75. The summed E-state index contributed by atoms with van der Waals surface area (Å²) in [6.07, 6.45) is 0. The predicted molar refractivity (Wildman–Crippen MR) is 134 cm³/mol. The molecule has 154 valence electrons. The maximum atomic E-state index is 6.75. The zero-order chi connectivity index (χ0) is 21.6. The molecule has 0 aliphatic carbocycles. The molecule has 3 aromatic rings. The minimum atomic E-state index is -0.0981. The summed E-state index contributed by atoms with van der Waals surface area (Å²) in [4.78, 5) is 0. The van der Waals surface area contributed by atoms with Crippen LogP contribution in [0.1, 0.15) is 76.0 Å². The van der Waals surface area contributed by atoms with Gasteiger partial charge in [-0.3, -0.25) is 0 Å². The van der Waals surface area contributed by atoms with E-state index in [4.69, 9.17) is 4.65 Å². The lowest BCUT2D eigenvalue weighted by Gasteiger charge is -2.31. The number of para-hydroxylation sites is 1. The smallest absolute Gasteiger partial charge is 0.427 e. The van der Waals surface area contributed by atoms with Crippen molar-refractivity contribution in [3.63, 3.8) is 0 Å². The number of halogens is 1. The predicted octanol–water partition coefficient (Wildman–Crippen LogP) is 6.98. The zero-order valence-corrected chi connectivity index (χ0v) is 20.4. The lowest BCUT2D eigenvalue weighted by atomic mass is 9.49. The van der Waals surface area contributed by atoms with E-state index in [1.807, 2.05) is 0 Å². The van der Waals surface area contributed by atoms with Gasteiger partial charge in [0.2, 0.25) is 0 Å². The Bertz CT molecular complexity index is 1050. The van der Waals surface area contributed by atoms with Gasteiger partial charge in [0.1, 0.15) is 5.75 Å². The van der Waals surface area contributed by atoms with Crippen molar-refractivity contribution < 1.29 is 4.65 Å². The van der Waals surface area contributed by atoms with E-state index in [1.54, 1.807) is 0 Å². The summed E-state index contributed by atoms with van der Waals surface area (Å²) >= 11 is 3.68. The molecule has 0 saturated heterocycles. The number of hydrogen-bond donors (Lipinski definition) is 0. The monoisotopic (exact) mass is 460 g/mol. The van der Waals surface area contributed by atoms with E-state index in [0.717, 1.165) is 10.2 Å². The van der Waals surface area contributed by atoms with E-state index in [1.165, 1.54) is 38.7 Å². The topological polar surface area (TPSA) is 9.23 Å². The van der Waals surface area contributed by atoms with Crippen LogP contribution in [-0.2, 0) is 0 Å². The molecule has 4 rings (SSSR count). The molecule has 1 aliphatic heterocycles. The van der Waals surface area contributed by atoms with Gasteiger partial charge in [-0.25, -0.2) is 0 Å². The van der Waals surface area contributed by atoms with E-state index >= 15 is 0 Å². The largest absolute Gasteiger partial charge is 0.551 e. The summed E-state index contributed by atoms with van der Waals surface area (Å²) in [5.74, 6) is 2.32. The van der Waals surface area contributed by atoms with E-state index in [9.17, 15) is 0 Å². The van der Waals surface area contributed by atoms with Crippen molar-refractivity contribution in [3.8, 4) is 16.9 Å². The molecule has 0 unspecified atom stereocenters. The molecule has 0 saturated carbocycles. The van der Waals surface area contributed by atoms with Crippen LogP contribution in [0.4, 0.5) is 0 Å². The van der Waals surface area contributed by atoms with Crippen molar-refractivity contribution in [2.45, 2.75) is 59.3 Å². The molecule has 1 heterocycles. The fourth-order valence-electron chi connectivity index (χ4n) is 4.50. The highest BCUT2D eigenvalue weighted by atomic mass is 79.9. The first kappa shape index (κ1) is 21.2. The number of rotatable bonds is 4. The first-order valence-electron chi connectivity index (χ1n) is 11.0. The molecule has 0 N–H and O–H groups in total. The van der Waals surface area contributed by atoms with E-state index in [2.05, 4.69) is 112 Å². The van der Waals surface area contributed by atoms with Gasteiger partial charge in [0, 0.05) is 10.0 Å². The molecule has 0 spiro atoms. The number of fused-ring (bicyclic) bond motifs is 3. The molecule has 0 fully saturated rings. The van der Waals surface area contributed by atoms with Crippen molar-refractivity contribution in [2.75, 3.05) is 0 Å². The SMILES string of the molecule is CC(C)c1cc(C(C)C)c(B2Oc3ccccc3-c3cc(Br)ccc32)c(C(C)C)c1. The lowest BCUT2D eigenvalue weighted by Crippen LogP contribution is -2.53. The minimum absolute atomic E-state index is 0.0981. The Morgan fingerprint density at radius 1 is 0.733 bits per heavy atom. The average Bonchev–Trinajstić information content (AvgIpc) is 2.71. The molecule has 3 aromatic carbocycles. The molecule has 0 atom stereocenters. The third-order valence-corrected chi connectivity index (χ3v) is 6.65. The number of benzene rings is 3. The summed E-state index contributed by atoms with van der Waals surface area (Å²) in [7, 11) is 0. The fraction of sp³-hybridized carbons (Fsp3) is 0.333. The van der Waals surface area contributed by atoms with Crippen LogP contribution in [0.5, 0.6) is 5.75 Å². The summed E-state index contributed by atoms with van der Waals surface area (Å²) in [5, 5.41) is 0. The third-order valence-electron chi connectivity index (χ3n) is 6.16. The third kappa shape index (κ3) is 3.73. The van der Waals surface area contributed by atoms with Crippen LogP contribution < -0.4 is 15.6 Å². The Balaban J connectivity index is 2.01. The highest BCUT2D eigenvalue weighted by Crippen LogP contribution is 2.36. The quantitative estimate of drug-likeness (QED) is 0.381. The maximum Gasteiger partial charge on any atom is 0.427 e. The molecule has 3 heteroatoms. The Hall–Kier alpha value is -2.00. The molecule has 1 aliphatic rings. The fourth-order valence-corrected chi connectivity index (χ4v) is 4.86.